The second kappa shape index (κ2) is 7.91. The Morgan fingerprint density at radius 3 is 2.19 bits per heavy atom. The molecule has 5 heteroatoms. The molecule has 0 spiro atoms. The number of hydrogen-bond donors (Lipinski definition) is 1. The number of nitrogens with zero attached hydrogens (tertiary/aromatic N) is 1. The molecule has 1 fully saturated rings. The number of rotatable bonds is 5. The van der Waals surface area contributed by atoms with Crippen LogP contribution in [0.4, 0.5) is 4.39 Å². The van der Waals surface area contributed by atoms with E-state index in [-0.39, 0.29) is 17.6 Å². The van der Waals surface area contributed by atoms with Gasteiger partial charge in [-0.15, -0.1) is 0 Å². The molecular weight excluding hydrogens is 345 g/mol. The van der Waals surface area contributed by atoms with Crippen LogP contribution < -0.4 is 0 Å². The van der Waals surface area contributed by atoms with E-state index in [0.29, 0.717) is 32.4 Å². The van der Waals surface area contributed by atoms with Gasteiger partial charge in [-0.05, 0) is 42.5 Å². The molecule has 0 radical (unpaired) electrons. The first kappa shape index (κ1) is 19.1. The molecule has 0 aromatic heterocycles. The van der Waals surface area contributed by atoms with Crippen molar-refractivity contribution in [2.75, 3.05) is 13.1 Å². The fourth-order valence-electron chi connectivity index (χ4n) is 3.96. The van der Waals surface area contributed by atoms with Crippen LogP contribution in [0.3, 0.4) is 0 Å². The zero-order valence-corrected chi connectivity index (χ0v) is 15.4. The molecule has 1 atom stereocenters. The third-order valence-electron chi connectivity index (χ3n) is 5.64. The predicted octanol–water partition coefficient (Wildman–Crippen LogP) is 3.96. The van der Waals surface area contributed by atoms with Crippen molar-refractivity contribution in [3.05, 3.63) is 71.5 Å². The van der Waals surface area contributed by atoms with Gasteiger partial charge in [0.15, 0.2) is 0 Å². The van der Waals surface area contributed by atoms with Gasteiger partial charge < -0.3 is 10.0 Å². The molecule has 1 unspecified atom stereocenters. The van der Waals surface area contributed by atoms with Gasteiger partial charge in [0.1, 0.15) is 5.82 Å². The average Bonchev–Trinajstić information content (AvgIpc) is 2.70. The zero-order valence-electron chi connectivity index (χ0n) is 15.4. The summed E-state index contributed by atoms with van der Waals surface area (Å²) in [7, 11) is 0. The number of carbonyl (C=O) groups excluding carboxylic acids is 1. The average molecular weight is 369 g/mol. The summed E-state index contributed by atoms with van der Waals surface area (Å²) in [6.07, 6.45) is 1.39. The van der Waals surface area contributed by atoms with Crippen LogP contribution in [0.2, 0.25) is 0 Å². The lowest BCUT2D eigenvalue weighted by Crippen LogP contribution is -2.50. The van der Waals surface area contributed by atoms with Crippen molar-refractivity contribution < 1.29 is 19.1 Å². The lowest BCUT2D eigenvalue weighted by molar-refractivity contribution is -0.148. The maximum absolute atomic E-state index is 13.2. The quantitative estimate of drug-likeness (QED) is 0.868. The van der Waals surface area contributed by atoms with Crippen molar-refractivity contribution in [1.29, 1.82) is 0 Å². The lowest BCUT2D eigenvalue weighted by Gasteiger charge is -2.40. The van der Waals surface area contributed by atoms with Crippen LogP contribution in [0.5, 0.6) is 0 Å². The molecule has 3 rings (SSSR count). The predicted molar refractivity (Wildman–Crippen MR) is 101 cm³/mol. The molecule has 1 aliphatic rings. The van der Waals surface area contributed by atoms with Gasteiger partial charge in [-0.1, -0.05) is 49.4 Å². The molecule has 4 nitrogen and oxygen atoms in total. The third kappa shape index (κ3) is 3.72. The number of aliphatic carboxylic acids is 1. The molecule has 1 heterocycles. The number of benzene rings is 2. The number of amides is 1. The minimum atomic E-state index is -0.949. The van der Waals surface area contributed by atoms with E-state index in [2.05, 4.69) is 0 Å². The Morgan fingerprint density at radius 1 is 1.07 bits per heavy atom. The number of hydrogen-bond acceptors (Lipinski definition) is 2. The first-order chi connectivity index (χ1) is 13.0. The van der Waals surface area contributed by atoms with Crippen molar-refractivity contribution >= 4 is 11.9 Å². The molecule has 1 aliphatic heterocycles. The second-order valence-electron chi connectivity index (χ2n) is 7.09. The molecular formula is C22H24FNO3. The smallest absolute Gasteiger partial charge is 0.314 e. The van der Waals surface area contributed by atoms with Crippen LogP contribution in [0.1, 0.15) is 43.2 Å². The molecule has 1 amide bonds. The van der Waals surface area contributed by atoms with Crippen molar-refractivity contribution in [2.45, 2.75) is 37.5 Å². The Morgan fingerprint density at radius 2 is 1.67 bits per heavy atom. The van der Waals surface area contributed by atoms with Gasteiger partial charge in [-0.3, -0.25) is 9.59 Å². The van der Waals surface area contributed by atoms with Crippen molar-refractivity contribution in [2.24, 2.45) is 0 Å². The van der Waals surface area contributed by atoms with Gasteiger partial charge in [0.25, 0.3) is 0 Å². The van der Waals surface area contributed by atoms with Crippen LogP contribution >= 0.6 is 0 Å². The van der Waals surface area contributed by atoms with Crippen molar-refractivity contribution in [3.63, 3.8) is 0 Å². The van der Waals surface area contributed by atoms with Crippen molar-refractivity contribution in [1.82, 2.24) is 4.90 Å². The molecule has 2 aromatic carbocycles. The molecule has 0 aliphatic carbocycles. The van der Waals surface area contributed by atoms with Crippen molar-refractivity contribution in [3.8, 4) is 0 Å². The van der Waals surface area contributed by atoms with Gasteiger partial charge in [0.05, 0.1) is 11.3 Å². The standard InChI is InChI=1S/C22H24FNO3/c1-2-19(16-8-10-18(23)11-9-16)20(25)24-14-12-22(13-15-24,21(26)27)17-6-4-3-5-7-17/h3-11,19H,2,12-15H2,1H3,(H,26,27). The first-order valence-electron chi connectivity index (χ1n) is 9.31. The summed E-state index contributed by atoms with van der Waals surface area (Å²) in [4.78, 5) is 26.8. The second-order valence-corrected chi connectivity index (χ2v) is 7.09. The lowest BCUT2D eigenvalue weighted by atomic mass is 9.72. The summed E-state index contributed by atoms with van der Waals surface area (Å²) in [5, 5.41) is 9.89. The van der Waals surface area contributed by atoms with E-state index in [9.17, 15) is 19.1 Å². The number of carbonyl (C=O) groups is 2. The maximum Gasteiger partial charge on any atom is 0.314 e. The van der Waals surface area contributed by atoms with E-state index in [4.69, 9.17) is 0 Å². The number of halogens is 1. The van der Waals surface area contributed by atoms with E-state index in [1.165, 1.54) is 12.1 Å². The number of carboxylic acids is 1. The zero-order chi connectivity index (χ0) is 19.4. The van der Waals surface area contributed by atoms with Crippen LogP contribution in [-0.2, 0) is 15.0 Å². The largest absolute Gasteiger partial charge is 0.481 e. The summed E-state index contributed by atoms with van der Waals surface area (Å²) in [6.45, 7) is 2.73. The highest BCUT2D eigenvalue weighted by atomic mass is 19.1. The molecule has 2 aromatic rings. The SMILES string of the molecule is CCC(C(=O)N1CCC(C(=O)O)(c2ccccc2)CC1)c1ccc(F)cc1. The van der Waals surface area contributed by atoms with Crippen LogP contribution in [-0.4, -0.2) is 35.0 Å². The van der Waals surface area contributed by atoms with E-state index in [0.717, 1.165) is 11.1 Å². The molecule has 0 saturated carbocycles. The minimum Gasteiger partial charge on any atom is -0.481 e. The Balaban J connectivity index is 1.76. The Bertz CT molecular complexity index is 796. The highest BCUT2D eigenvalue weighted by Crippen LogP contribution is 2.37. The van der Waals surface area contributed by atoms with Gasteiger partial charge in [0.2, 0.25) is 5.91 Å². The summed E-state index contributed by atoms with van der Waals surface area (Å²) < 4.78 is 13.2. The minimum absolute atomic E-state index is 0.0174. The summed E-state index contributed by atoms with van der Waals surface area (Å²) in [6, 6.07) is 15.3. The van der Waals surface area contributed by atoms with Crippen LogP contribution in [0, 0.1) is 5.82 Å². The third-order valence-corrected chi connectivity index (χ3v) is 5.64. The summed E-state index contributed by atoms with van der Waals surface area (Å²) in [5.74, 6) is -1.52. The monoisotopic (exact) mass is 369 g/mol. The number of piperidine rings is 1. The Kier molecular flexibility index (Phi) is 5.59. The first-order valence-corrected chi connectivity index (χ1v) is 9.31. The van der Waals surface area contributed by atoms with Crippen LogP contribution in [0.25, 0.3) is 0 Å². The fraction of sp³-hybridized carbons (Fsp3) is 0.364. The summed E-state index contributed by atoms with van der Waals surface area (Å²) >= 11 is 0. The number of carboxylic acid groups (broad SMARTS) is 1. The number of likely N-dealkylation sites (tertiary alicyclic amines) is 1. The normalized spacial score (nSPS) is 17.3. The highest BCUT2D eigenvalue weighted by Gasteiger charge is 2.44. The molecule has 1 N–H and O–H groups in total. The van der Waals surface area contributed by atoms with E-state index in [1.807, 2.05) is 37.3 Å². The summed E-state index contributed by atoms with van der Waals surface area (Å²) in [5.41, 5.74) is 0.632. The maximum atomic E-state index is 13.2. The highest BCUT2D eigenvalue weighted by molar-refractivity contribution is 5.85. The van der Waals surface area contributed by atoms with E-state index >= 15 is 0 Å². The van der Waals surface area contributed by atoms with Gasteiger partial charge in [-0.2, -0.15) is 0 Å². The van der Waals surface area contributed by atoms with Gasteiger partial charge >= 0.3 is 5.97 Å². The molecule has 27 heavy (non-hydrogen) atoms. The Hall–Kier alpha value is -2.69. The van der Waals surface area contributed by atoms with Gasteiger partial charge in [0, 0.05) is 13.1 Å². The Labute approximate surface area is 158 Å². The molecule has 0 bridgehead atoms. The molecule has 1 saturated heterocycles. The van der Waals surface area contributed by atoms with E-state index < -0.39 is 11.4 Å². The topological polar surface area (TPSA) is 57.6 Å². The molecule has 142 valence electrons. The van der Waals surface area contributed by atoms with Gasteiger partial charge in [-0.25, -0.2) is 4.39 Å². The van der Waals surface area contributed by atoms with E-state index in [1.54, 1.807) is 17.0 Å². The van der Waals surface area contributed by atoms with Crippen LogP contribution in [0.15, 0.2) is 54.6 Å². The fourth-order valence-corrected chi connectivity index (χ4v) is 3.96.